The second kappa shape index (κ2) is 28.7. The van der Waals surface area contributed by atoms with Crippen molar-refractivity contribution in [3.8, 4) is 0 Å². The molecule has 0 aliphatic heterocycles. The minimum atomic E-state index is 0.726. The van der Waals surface area contributed by atoms with Gasteiger partial charge in [-0.3, -0.25) is 0 Å². The van der Waals surface area contributed by atoms with Crippen LogP contribution in [0.2, 0.25) is 0 Å². The Kier molecular flexibility index (Phi) is 25.5. The number of fused-ring (bicyclic) bond motifs is 1. The summed E-state index contributed by atoms with van der Waals surface area (Å²) in [7, 11) is 0. The number of unbranched alkanes of at least 4 members (excludes halogenated alkanes) is 22. The molecule has 2 aromatic carbocycles. The highest BCUT2D eigenvalue weighted by molar-refractivity contribution is 5.87. The molecule has 2 atom stereocenters. The molecule has 0 spiro atoms. The smallest absolute Gasteiger partial charge is 0.0146 e. The van der Waals surface area contributed by atoms with E-state index in [1.54, 1.807) is 16.5 Å². The predicted molar refractivity (Wildman–Crippen MR) is 211 cm³/mol. The molecule has 2 rings (SSSR count). The summed E-state index contributed by atoms with van der Waals surface area (Å²) in [6.45, 7) is 9.35. The summed E-state index contributed by atoms with van der Waals surface area (Å²) < 4.78 is 0. The maximum atomic E-state index is 2.62. The first-order chi connectivity index (χ1) is 22.8. The van der Waals surface area contributed by atoms with E-state index in [9.17, 15) is 0 Å². The molecule has 0 fully saturated rings. The van der Waals surface area contributed by atoms with Gasteiger partial charge >= 0.3 is 0 Å². The van der Waals surface area contributed by atoms with Gasteiger partial charge in [0.25, 0.3) is 0 Å². The quantitative estimate of drug-likeness (QED) is 0.0704. The van der Waals surface area contributed by atoms with E-state index < -0.39 is 0 Å². The van der Waals surface area contributed by atoms with Crippen molar-refractivity contribution in [3.05, 3.63) is 47.5 Å². The van der Waals surface area contributed by atoms with Crippen molar-refractivity contribution in [3.63, 3.8) is 0 Å². The third kappa shape index (κ3) is 17.7. The fraction of sp³-hybridized carbons (Fsp3) is 0.783. The molecule has 0 radical (unpaired) electrons. The number of benzene rings is 2. The molecule has 2 aromatic rings. The Balaban J connectivity index is 2.28. The lowest BCUT2D eigenvalue weighted by Crippen LogP contribution is -2.10. The lowest BCUT2D eigenvalue weighted by molar-refractivity contribution is 0.464. The van der Waals surface area contributed by atoms with Crippen LogP contribution in [-0.2, 0) is 0 Å². The molecule has 0 heteroatoms. The first kappa shape index (κ1) is 40.9. The van der Waals surface area contributed by atoms with Crippen molar-refractivity contribution < 1.29 is 0 Å². The monoisotopic (exact) mass is 633 g/mol. The normalized spacial score (nSPS) is 13.0. The third-order valence-electron chi connectivity index (χ3n) is 11.0. The Morgan fingerprint density at radius 2 is 0.696 bits per heavy atom. The number of rotatable bonds is 32. The van der Waals surface area contributed by atoms with Crippen LogP contribution >= 0.6 is 0 Å². The Morgan fingerprint density at radius 1 is 0.348 bits per heavy atom. The van der Waals surface area contributed by atoms with E-state index in [4.69, 9.17) is 0 Å². The molecule has 0 bridgehead atoms. The highest BCUT2D eigenvalue weighted by Gasteiger charge is 2.23. The third-order valence-corrected chi connectivity index (χ3v) is 11.0. The van der Waals surface area contributed by atoms with E-state index in [1.807, 2.05) is 0 Å². The SMILES string of the molecule is CCCCCCCCCC(CCCCCCCC)c1ccc2ccccc2c1C(CCCCCCCC)CCCCCCCCC. The van der Waals surface area contributed by atoms with E-state index in [-0.39, 0.29) is 0 Å². The van der Waals surface area contributed by atoms with E-state index in [1.165, 1.54) is 198 Å². The Labute approximate surface area is 289 Å². The van der Waals surface area contributed by atoms with Crippen LogP contribution in [0.4, 0.5) is 0 Å². The minimum absolute atomic E-state index is 0.726. The minimum Gasteiger partial charge on any atom is -0.0654 e. The van der Waals surface area contributed by atoms with E-state index in [0.29, 0.717) is 0 Å². The molecule has 0 N–H and O–H groups in total. The van der Waals surface area contributed by atoms with Gasteiger partial charge in [0.2, 0.25) is 0 Å². The van der Waals surface area contributed by atoms with Gasteiger partial charge in [-0.1, -0.05) is 231 Å². The van der Waals surface area contributed by atoms with Crippen molar-refractivity contribution in [2.75, 3.05) is 0 Å². The maximum absolute atomic E-state index is 2.62. The molecule has 0 saturated carbocycles. The first-order valence-electron chi connectivity index (χ1n) is 21.3. The highest BCUT2D eigenvalue weighted by Crippen LogP contribution is 2.42. The molecule has 264 valence electrons. The molecule has 0 saturated heterocycles. The maximum Gasteiger partial charge on any atom is -0.0146 e. The standard InChI is InChI=1S/C46H80/c1-5-9-13-17-21-25-28-34-41(33-27-23-19-15-11-7-3)45-40-39-42-35-31-32-38-44(42)46(45)43(36-29-24-20-16-12-8-4)37-30-26-22-18-14-10-6-2/h31-32,35,38-41,43H,5-30,33-34,36-37H2,1-4H3. The van der Waals surface area contributed by atoms with Crippen LogP contribution in [-0.4, -0.2) is 0 Å². The van der Waals surface area contributed by atoms with Gasteiger partial charge in [0.15, 0.2) is 0 Å². The highest BCUT2D eigenvalue weighted by atomic mass is 14.3. The molecule has 2 unspecified atom stereocenters. The second-order valence-corrected chi connectivity index (χ2v) is 15.1. The topological polar surface area (TPSA) is 0 Å². The Hall–Kier alpha value is -1.30. The summed E-state index contributed by atoms with van der Waals surface area (Å²) in [6, 6.07) is 14.6. The second-order valence-electron chi connectivity index (χ2n) is 15.1. The molecular formula is C46H80. The van der Waals surface area contributed by atoms with Crippen molar-refractivity contribution >= 4 is 10.8 Å². The molecule has 0 aromatic heterocycles. The van der Waals surface area contributed by atoms with Crippen LogP contribution < -0.4 is 0 Å². The van der Waals surface area contributed by atoms with Gasteiger partial charge in [-0.05, 0) is 59.4 Å². The van der Waals surface area contributed by atoms with Gasteiger partial charge in [0.05, 0.1) is 0 Å². The Morgan fingerprint density at radius 3 is 1.11 bits per heavy atom. The number of hydrogen-bond acceptors (Lipinski definition) is 0. The van der Waals surface area contributed by atoms with Crippen LogP contribution in [0.15, 0.2) is 36.4 Å². The van der Waals surface area contributed by atoms with Crippen molar-refractivity contribution in [2.45, 2.75) is 232 Å². The average molecular weight is 633 g/mol. The predicted octanol–water partition coefficient (Wildman–Crippen LogP) is 16.8. The summed E-state index contributed by atoms with van der Waals surface area (Å²) in [5, 5.41) is 3.06. The fourth-order valence-corrected chi connectivity index (χ4v) is 8.05. The van der Waals surface area contributed by atoms with E-state index in [0.717, 1.165) is 11.8 Å². The first-order valence-corrected chi connectivity index (χ1v) is 21.3. The zero-order chi connectivity index (χ0) is 32.9. The molecule has 0 aliphatic carbocycles. The zero-order valence-electron chi connectivity index (χ0n) is 31.8. The molecule has 0 heterocycles. The summed E-state index contributed by atoms with van der Waals surface area (Å²) >= 11 is 0. The summed E-state index contributed by atoms with van der Waals surface area (Å²) in [6.07, 6.45) is 42.3. The lowest BCUT2D eigenvalue weighted by Gasteiger charge is -2.28. The molecule has 0 nitrogen and oxygen atoms in total. The van der Waals surface area contributed by atoms with Gasteiger partial charge in [-0.25, -0.2) is 0 Å². The molecule has 0 aliphatic rings. The van der Waals surface area contributed by atoms with Crippen LogP contribution in [0.3, 0.4) is 0 Å². The molecule has 0 amide bonds. The van der Waals surface area contributed by atoms with Gasteiger partial charge < -0.3 is 0 Å². The largest absolute Gasteiger partial charge is 0.0654 e. The van der Waals surface area contributed by atoms with Crippen molar-refractivity contribution in [1.29, 1.82) is 0 Å². The van der Waals surface area contributed by atoms with Crippen molar-refractivity contribution in [1.82, 2.24) is 0 Å². The van der Waals surface area contributed by atoms with Crippen LogP contribution in [0.1, 0.15) is 243 Å². The number of hydrogen-bond donors (Lipinski definition) is 0. The van der Waals surface area contributed by atoms with Gasteiger partial charge in [-0.2, -0.15) is 0 Å². The Bertz CT molecular complexity index is 940. The van der Waals surface area contributed by atoms with Crippen LogP contribution in [0, 0.1) is 0 Å². The fourth-order valence-electron chi connectivity index (χ4n) is 8.05. The molecule has 46 heavy (non-hydrogen) atoms. The van der Waals surface area contributed by atoms with E-state index >= 15 is 0 Å². The summed E-state index contributed by atoms with van der Waals surface area (Å²) in [5.74, 6) is 1.46. The average Bonchev–Trinajstić information content (AvgIpc) is 3.08. The van der Waals surface area contributed by atoms with E-state index in [2.05, 4.69) is 64.1 Å². The summed E-state index contributed by atoms with van der Waals surface area (Å²) in [4.78, 5) is 0. The van der Waals surface area contributed by atoms with Gasteiger partial charge in [-0.15, -0.1) is 0 Å². The lowest BCUT2D eigenvalue weighted by atomic mass is 9.77. The van der Waals surface area contributed by atoms with Gasteiger partial charge in [0.1, 0.15) is 0 Å². The van der Waals surface area contributed by atoms with Crippen molar-refractivity contribution in [2.24, 2.45) is 0 Å². The summed E-state index contributed by atoms with van der Waals surface area (Å²) in [5.41, 5.74) is 3.55. The zero-order valence-corrected chi connectivity index (χ0v) is 31.8. The van der Waals surface area contributed by atoms with Crippen LogP contribution in [0.25, 0.3) is 10.8 Å². The molecular weight excluding hydrogens is 553 g/mol. The van der Waals surface area contributed by atoms with Crippen LogP contribution in [0.5, 0.6) is 0 Å². The van der Waals surface area contributed by atoms with Gasteiger partial charge in [0, 0.05) is 0 Å².